The first-order chi connectivity index (χ1) is 15.7. The first-order valence-corrected chi connectivity index (χ1v) is 11.4. The van der Waals surface area contributed by atoms with E-state index in [-0.39, 0.29) is 12.5 Å². The minimum Gasteiger partial charge on any atom is -0.493 e. The molecule has 0 aliphatic rings. The molecule has 4 rings (SSSR count). The largest absolute Gasteiger partial charge is 0.493 e. The lowest BCUT2D eigenvalue weighted by atomic mass is 10.1. The van der Waals surface area contributed by atoms with Crippen molar-refractivity contribution in [3.63, 3.8) is 0 Å². The standard InChI is InChI=1S/C24H26N4O3S/c1-3-18-8-6-11-21-23(18)26-24(32-21)28(14-7-13-27-15-12-25-17-27)22(29)16-31-20-10-5-4-9-19(20)30-2/h4-6,8-12,15,17H,3,7,13-14,16H2,1-2H3. The van der Waals surface area contributed by atoms with E-state index in [0.717, 1.165) is 29.6 Å². The highest BCUT2D eigenvalue weighted by Crippen LogP contribution is 2.32. The van der Waals surface area contributed by atoms with Gasteiger partial charge in [-0.25, -0.2) is 9.97 Å². The summed E-state index contributed by atoms with van der Waals surface area (Å²) in [6, 6.07) is 13.5. The first kappa shape index (κ1) is 21.8. The number of hydrogen-bond acceptors (Lipinski definition) is 6. The lowest BCUT2D eigenvalue weighted by Gasteiger charge is -2.20. The van der Waals surface area contributed by atoms with E-state index < -0.39 is 0 Å². The number of fused-ring (bicyclic) bond motifs is 1. The van der Waals surface area contributed by atoms with Crippen LogP contribution in [0.2, 0.25) is 0 Å². The van der Waals surface area contributed by atoms with Crippen molar-refractivity contribution in [1.82, 2.24) is 14.5 Å². The zero-order valence-corrected chi connectivity index (χ0v) is 19.0. The molecule has 2 heterocycles. The van der Waals surface area contributed by atoms with Gasteiger partial charge in [0.05, 0.1) is 23.7 Å². The number of thiazole rings is 1. The van der Waals surface area contributed by atoms with E-state index in [9.17, 15) is 4.79 Å². The molecule has 4 aromatic rings. The number of hydrogen-bond donors (Lipinski definition) is 0. The second kappa shape index (κ2) is 10.3. The molecule has 2 aromatic carbocycles. The van der Waals surface area contributed by atoms with Gasteiger partial charge < -0.3 is 14.0 Å². The number of anilines is 1. The maximum absolute atomic E-state index is 13.2. The monoisotopic (exact) mass is 450 g/mol. The fourth-order valence-corrected chi connectivity index (χ4v) is 4.56. The number of carbonyl (C=O) groups excluding carboxylic acids is 1. The Bertz CT molecular complexity index is 1170. The molecular formula is C24H26N4O3S. The Hall–Kier alpha value is -3.39. The van der Waals surface area contributed by atoms with Gasteiger partial charge in [0.25, 0.3) is 5.91 Å². The number of benzene rings is 2. The molecule has 0 radical (unpaired) electrons. The molecular weight excluding hydrogens is 424 g/mol. The topological polar surface area (TPSA) is 69.5 Å². The molecule has 0 spiro atoms. The fraction of sp³-hybridized carbons (Fsp3) is 0.292. The van der Waals surface area contributed by atoms with Gasteiger partial charge in [-0.15, -0.1) is 0 Å². The summed E-state index contributed by atoms with van der Waals surface area (Å²) in [5, 5.41) is 0.695. The minimum absolute atomic E-state index is 0.0952. The molecule has 0 fully saturated rings. The average Bonchev–Trinajstić information content (AvgIpc) is 3.50. The van der Waals surface area contributed by atoms with Crippen molar-refractivity contribution < 1.29 is 14.3 Å². The van der Waals surface area contributed by atoms with Gasteiger partial charge >= 0.3 is 0 Å². The predicted octanol–water partition coefficient (Wildman–Crippen LogP) is 4.57. The van der Waals surface area contributed by atoms with Crippen molar-refractivity contribution in [2.24, 2.45) is 0 Å². The summed E-state index contributed by atoms with van der Waals surface area (Å²) in [6.45, 7) is 3.32. The molecule has 0 saturated carbocycles. The third kappa shape index (κ3) is 4.91. The van der Waals surface area contributed by atoms with Crippen LogP contribution in [0.3, 0.4) is 0 Å². The van der Waals surface area contributed by atoms with E-state index in [2.05, 4.69) is 24.0 Å². The highest BCUT2D eigenvalue weighted by atomic mass is 32.1. The number of para-hydroxylation sites is 3. The Morgan fingerprint density at radius 1 is 1.16 bits per heavy atom. The molecule has 0 saturated heterocycles. The number of aryl methyl sites for hydroxylation is 2. The van der Waals surface area contributed by atoms with Crippen LogP contribution in [0.5, 0.6) is 11.5 Å². The fourth-order valence-electron chi connectivity index (χ4n) is 3.51. The van der Waals surface area contributed by atoms with Crippen molar-refractivity contribution in [2.45, 2.75) is 26.3 Å². The molecule has 32 heavy (non-hydrogen) atoms. The Morgan fingerprint density at radius 3 is 2.75 bits per heavy atom. The highest BCUT2D eigenvalue weighted by Gasteiger charge is 2.21. The molecule has 2 aromatic heterocycles. The number of ether oxygens (including phenoxy) is 2. The molecule has 0 atom stereocenters. The van der Waals surface area contributed by atoms with Crippen LogP contribution >= 0.6 is 11.3 Å². The van der Waals surface area contributed by atoms with E-state index in [1.807, 2.05) is 35.0 Å². The summed E-state index contributed by atoms with van der Waals surface area (Å²) in [7, 11) is 1.58. The highest BCUT2D eigenvalue weighted by molar-refractivity contribution is 7.22. The summed E-state index contributed by atoms with van der Waals surface area (Å²) in [6.07, 6.45) is 7.12. The number of carbonyl (C=O) groups is 1. The van der Waals surface area contributed by atoms with E-state index in [1.54, 1.807) is 30.6 Å². The average molecular weight is 451 g/mol. The normalized spacial score (nSPS) is 10.9. The lowest BCUT2D eigenvalue weighted by molar-refractivity contribution is -0.120. The molecule has 0 aliphatic carbocycles. The van der Waals surface area contributed by atoms with Crippen molar-refractivity contribution in [3.05, 3.63) is 66.7 Å². The van der Waals surface area contributed by atoms with Crippen molar-refractivity contribution in [1.29, 1.82) is 0 Å². The zero-order chi connectivity index (χ0) is 22.3. The van der Waals surface area contributed by atoms with E-state index >= 15 is 0 Å². The van der Waals surface area contributed by atoms with Crippen molar-refractivity contribution >= 4 is 32.6 Å². The van der Waals surface area contributed by atoms with Crippen LogP contribution < -0.4 is 14.4 Å². The summed E-state index contributed by atoms with van der Waals surface area (Å²) in [4.78, 5) is 23.9. The molecule has 0 aliphatic heterocycles. The third-order valence-corrected chi connectivity index (χ3v) is 6.23. The molecule has 0 unspecified atom stereocenters. The van der Waals surface area contributed by atoms with Crippen LogP contribution in [0.4, 0.5) is 5.13 Å². The molecule has 0 N–H and O–H groups in total. The Morgan fingerprint density at radius 2 is 2.00 bits per heavy atom. The van der Waals surface area contributed by atoms with Crippen LogP contribution in [0, 0.1) is 0 Å². The lowest BCUT2D eigenvalue weighted by Crippen LogP contribution is -2.36. The van der Waals surface area contributed by atoms with E-state index in [4.69, 9.17) is 14.5 Å². The van der Waals surface area contributed by atoms with Gasteiger partial charge in [0.15, 0.2) is 23.2 Å². The van der Waals surface area contributed by atoms with Crippen LogP contribution in [0.15, 0.2) is 61.2 Å². The Kier molecular flexibility index (Phi) is 7.01. The van der Waals surface area contributed by atoms with Gasteiger partial charge in [-0.2, -0.15) is 0 Å². The molecule has 7 nitrogen and oxygen atoms in total. The van der Waals surface area contributed by atoms with Crippen molar-refractivity contribution in [3.8, 4) is 11.5 Å². The smallest absolute Gasteiger partial charge is 0.266 e. The summed E-state index contributed by atoms with van der Waals surface area (Å²) in [5.74, 6) is 0.998. The van der Waals surface area contributed by atoms with Gasteiger partial charge in [-0.05, 0) is 36.6 Å². The SMILES string of the molecule is CCc1cccc2sc(N(CCCn3ccnc3)C(=O)COc3ccccc3OC)nc12. The van der Waals surface area contributed by atoms with Gasteiger partial charge in [-0.1, -0.05) is 42.5 Å². The van der Waals surface area contributed by atoms with Gasteiger partial charge in [0.1, 0.15) is 0 Å². The number of aromatic nitrogens is 3. The summed E-state index contributed by atoms with van der Waals surface area (Å²) in [5.41, 5.74) is 2.15. The number of imidazole rings is 1. The van der Waals surface area contributed by atoms with Gasteiger partial charge in [0, 0.05) is 25.5 Å². The summed E-state index contributed by atoms with van der Waals surface area (Å²) >= 11 is 1.54. The number of nitrogens with zero attached hydrogens (tertiary/aromatic N) is 4. The van der Waals surface area contributed by atoms with E-state index in [1.165, 1.54) is 16.9 Å². The van der Waals surface area contributed by atoms with Crippen LogP contribution in [0.1, 0.15) is 18.9 Å². The van der Waals surface area contributed by atoms with Crippen LogP contribution in [-0.2, 0) is 17.8 Å². The first-order valence-electron chi connectivity index (χ1n) is 10.6. The van der Waals surface area contributed by atoms with Gasteiger partial charge in [0.2, 0.25) is 0 Å². The second-order valence-corrected chi connectivity index (χ2v) is 8.26. The maximum Gasteiger partial charge on any atom is 0.266 e. The predicted molar refractivity (Wildman–Crippen MR) is 127 cm³/mol. The maximum atomic E-state index is 13.2. The number of methoxy groups -OCH3 is 1. The molecule has 0 bridgehead atoms. The minimum atomic E-state index is -0.140. The third-order valence-electron chi connectivity index (χ3n) is 5.18. The quantitative estimate of drug-likeness (QED) is 0.354. The van der Waals surface area contributed by atoms with Crippen LogP contribution in [-0.4, -0.2) is 40.7 Å². The summed E-state index contributed by atoms with van der Waals surface area (Å²) < 4.78 is 14.2. The molecule has 1 amide bonds. The molecule has 166 valence electrons. The Labute approximate surface area is 191 Å². The van der Waals surface area contributed by atoms with Crippen molar-refractivity contribution in [2.75, 3.05) is 25.2 Å². The Balaban J connectivity index is 1.54. The van der Waals surface area contributed by atoms with E-state index in [0.29, 0.717) is 23.2 Å². The number of amides is 1. The van der Waals surface area contributed by atoms with Crippen LogP contribution in [0.25, 0.3) is 10.2 Å². The molecule has 8 heteroatoms. The second-order valence-electron chi connectivity index (χ2n) is 7.25. The van der Waals surface area contributed by atoms with Gasteiger partial charge in [-0.3, -0.25) is 9.69 Å². The zero-order valence-electron chi connectivity index (χ0n) is 18.2. The number of rotatable bonds is 10.